The summed E-state index contributed by atoms with van der Waals surface area (Å²) in [6, 6.07) is 5.34. The van der Waals surface area contributed by atoms with Gasteiger partial charge in [-0.25, -0.2) is 9.78 Å². The van der Waals surface area contributed by atoms with E-state index in [9.17, 15) is 4.79 Å². The number of aromatic nitrogens is 1. The van der Waals surface area contributed by atoms with E-state index in [2.05, 4.69) is 4.98 Å². The number of carboxylic acid groups (broad SMARTS) is 1. The molecule has 19 heavy (non-hydrogen) atoms. The number of hydrogen-bond acceptors (Lipinski definition) is 3. The Morgan fingerprint density at radius 2 is 2.21 bits per heavy atom. The molecule has 0 saturated heterocycles. The van der Waals surface area contributed by atoms with Crippen molar-refractivity contribution < 1.29 is 14.3 Å². The van der Waals surface area contributed by atoms with Gasteiger partial charge in [-0.05, 0) is 43.5 Å². The van der Waals surface area contributed by atoms with Crippen molar-refractivity contribution in [3.63, 3.8) is 0 Å². The lowest BCUT2D eigenvalue weighted by Gasteiger charge is -2.01. The van der Waals surface area contributed by atoms with Crippen molar-refractivity contribution in [3.05, 3.63) is 40.2 Å². The maximum Gasteiger partial charge on any atom is 0.373 e. The van der Waals surface area contributed by atoms with E-state index >= 15 is 0 Å². The average molecular weight is 278 g/mol. The number of rotatable bonds is 3. The molecule has 0 amide bonds. The molecule has 3 rings (SSSR count). The first-order valence-corrected chi connectivity index (χ1v) is 6.44. The zero-order chi connectivity index (χ0) is 13.6. The summed E-state index contributed by atoms with van der Waals surface area (Å²) in [4.78, 5) is 15.5. The van der Waals surface area contributed by atoms with Crippen molar-refractivity contribution in [2.24, 2.45) is 0 Å². The Labute approximate surface area is 115 Å². The fraction of sp³-hybridized carbons (Fsp3) is 0.286. The van der Waals surface area contributed by atoms with Crippen molar-refractivity contribution in [3.8, 4) is 11.5 Å². The number of hydrogen-bond donors (Lipinski definition) is 1. The molecule has 1 aromatic heterocycles. The van der Waals surface area contributed by atoms with Crippen molar-refractivity contribution in [2.75, 3.05) is 0 Å². The first-order chi connectivity index (χ1) is 9.06. The second-order valence-electron chi connectivity index (χ2n) is 4.77. The zero-order valence-corrected chi connectivity index (χ0v) is 11.1. The molecule has 0 unspecified atom stereocenters. The number of carboxylic acids is 1. The summed E-state index contributed by atoms with van der Waals surface area (Å²) < 4.78 is 5.43. The number of aromatic carboxylic acids is 1. The minimum Gasteiger partial charge on any atom is -0.475 e. The van der Waals surface area contributed by atoms with Crippen LogP contribution >= 0.6 is 11.6 Å². The molecule has 4 nitrogen and oxygen atoms in total. The predicted molar refractivity (Wildman–Crippen MR) is 70.6 cm³/mol. The fourth-order valence-electron chi connectivity index (χ4n) is 2.10. The van der Waals surface area contributed by atoms with Crippen LogP contribution in [0.1, 0.15) is 40.6 Å². The Balaban J connectivity index is 2.10. The Hall–Kier alpha value is -1.81. The van der Waals surface area contributed by atoms with Gasteiger partial charge in [-0.3, -0.25) is 0 Å². The highest BCUT2D eigenvalue weighted by Crippen LogP contribution is 2.42. The number of oxazole rings is 1. The van der Waals surface area contributed by atoms with Crippen molar-refractivity contribution in [1.29, 1.82) is 0 Å². The zero-order valence-electron chi connectivity index (χ0n) is 10.3. The van der Waals surface area contributed by atoms with E-state index in [4.69, 9.17) is 21.1 Å². The Morgan fingerprint density at radius 1 is 1.47 bits per heavy atom. The molecule has 1 heterocycles. The largest absolute Gasteiger partial charge is 0.475 e. The van der Waals surface area contributed by atoms with Gasteiger partial charge in [0.05, 0.1) is 5.69 Å². The van der Waals surface area contributed by atoms with Gasteiger partial charge in [0.25, 0.3) is 0 Å². The average Bonchev–Trinajstić information content (AvgIpc) is 3.09. The van der Waals surface area contributed by atoms with E-state index in [0.29, 0.717) is 16.6 Å². The van der Waals surface area contributed by atoms with Crippen LogP contribution in [0.15, 0.2) is 22.6 Å². The summed E-state index contributed by atoms with van der Waals surface area (Å²) in [7, 11) is 0. The molecule has 98 valence electrons. The number of nitrogens with zero attached hydrogens (tertiary/aromatic N) is 1. The van der Waals surface area contributed by atoms with Gasteiger partial charge in [0, 0.05) is 16.5 Å². The van der Waals surface area contributed by atoms with Gasteiger partial charge in [0.15, 0.2) is 0 Å². The predicted octanol–water partition coefficient (Wildman–Crippen LogP) is 3.88. The van der Waals surface area contributed by atoms with Crippen LogP contribution in [0.4, 0.5) is 0 Å². The molecule has 1 saturated carbocycles. The van der Waals surface area contributed by atoms with E-state index in [0.717, 1.165) is 24.0 Å². The van der Waals surface area contributed by atoms with E-state index < -0.39 is 5.97 Å². The van der Waals surface area contributed by atoms with Crippen LogP contribution in [0, 0.1) is 6.92 Å². The summed E-state index contributed by atoms with van der Waals surface area (Å²) in [5.74, 6) is -0.510. The smallest absolute Gasteiger partial charge is 0.373 e. The lowest BCUT2D eigenvalue weighted by Crippen LogP contribution is -1.98. The molecule has 5 heteroatoms. The van der Waals surface area contributed by atoms with E-state index in [-0.39, 0.29) is 11.7 Å². The summed E-state index contributed by atoms with van der Waals surface area (Å²) in [5.41, 5.74) is 2.25. The van der Waals surface area contributed by atoms with Gasteiger partial charge in [0.2, 0.25) is 11.7 Å². The van der Waals surface area contributed by atoms with Gasteiger partial charge in [-0.1, -0.05) is 11.6 Å². The molecule has 0 spiro atoms. The van der Waals surface area contributed by atoms with Crippen molar-refractivity contribution >= 4 is 17.6 Å². The third kappa shape index (κ3) is 2.24. The van der Waals surface area contributed by atoms with E-state index in [1.54, 1.807) is 18.2 Å². The van der Waals surface area contributed by atoms with Crippen LogP contribution in [0.3, 0.4) is 0 Å². The third-order valence-electron chi connectivity index (χ3n) is 3.23. The SMILES string of the molecule is Cc1cc(Cl)ccc1-c1nc(C2CC2)c(C(=O)O)o1. The van der Waals surface area contributed by atoms with Crippen LogP contribution < -0.4 is 0 Å². The van der Waals surface area contributed by atoms with Gasteiger partial charge in [-0.2, -0.15) is 0 Å². The molecule has 2 aromatic rings. The molecule has 0 radical (unpaired) electrons. The Bertz CT molecular complexity index is 659. The standard InChI is InChI=1S/C14H12ClNO3/c1-7-6-9(15)4-5-10(7)13-16-11(8-2-3-8)12(19-13)14(17)18/h4-6,8H,2-3H2,1H3,(H,17,18). The lowest BCUT2D eigenvalue weighted by atomic mass is 10.1. The molecule has 1 aliphatic carbocycles. The van der Waals surface area contributed by atoms with Crippen LogP contribution in [0.25, 0.3) is 11.5 Å². The van der Waals surface area contributed by atoms with Gasteiger partial charge < -0.3 is 9.52 Å². The Morgan fingerprint density at radius 3 is 2.79 bits per heavy atom. The second-order valence-corrected chi connectivity index (χ2v) is 5.21. The summed E-state index contributed by atoms with van der Waals surface area (Å²) >= 11 is 5.91. The fourth-order valence-corrected chi connectivity index (χ4v) is 2.33. The maximum absolute atomic E-state index is 11.2. The van der Waals surface area contributed by atoms with Gasteiger partial charge >= 0.3 is 5.97 Å². The van der Waals surface area contributed by atoms with E-state index in [1.807, 2.05) is 6.92 Å². The highest BCUT2D eigenvalue weighted by atomic mass is 35.5. The van der Waals surface area contributed by atoms with Gasteiger partial charge in [-0.15, -0.1) is 0 Å². The maximum atomic E-state index is 11.2. The molecule has 0 atom stereocenters. The summed E-state index contributed by atoms with van der Waals surface area (Å²) in [6.45, 7) is 1.89. The van der Waals surface area contributed by atoms with Crippen molar-refractivity contribution in [1.82, 2.24) is 4.98 Å². The molecular weight excluding hydrogens is 266 g/mol. The van der Waals surface area contributed by atoms with Crippen LogP contribution in [0.5, 0.6) is 0 Å². The summed E-state index contributed by atoms with van der Waals surface area (Å²) in [6.07, 6.45) is 1.96. The van der Waals surface area contributed by atoms with Crippen molar-refractivity contribution in [2.45, 2.75) is 25.7 Å². The summed E-state index contributed by atoms with van der Waals surface area (Å²) in [5, 5.41) is 9.79. The number of carbonyl (C=O) groups is 1. The number of aryl methyl sites for hydroxylation is 1. The lowest BCUT2D eigenvalue weighted by molar-refractivity contribution is 0.0661. The third-order valence-corrected chi connectivity index (χ3v) is 3.47. The molecule has 0 bridgehead atoms. The second kappa shape index (κ2) is 4.38. The molecular formula is C14H12ClNO3. The molecule has 1 N–H and O–H groups in total. The minimum atomic E-state index is -1.06. The number of halogens is 1. The quantitative estimate of drug-likeness (QED) is 0.925. The van der Waals surface area contributed by atoms with Gasteiger partial charge in [0.1, 0.15) is 0 Å². The molecule has 1 aliphatic rings. The highest BCUT2D eigenvalue weighted by Gasteiger charge is 2.33. The monoisotopic (exact) mass is 277 g/mol. The molecule has 1 aromatic carbocycles. The highest BCUT2D eigenvalue weighted by molar-refractivity contribution is 6.30. The molecule has 1 fully saturated rings. The Kier molecular flexibility index (Phi) is 2.82. The topological polar surface area (TPSA) is 63.3 Å². The number of benzene rings is 1. The first kappa shape index (κ1) is 12.2. The van der Waals surface area contributed by atoms with Crippen LogP contribution in [-0.2, 0) is 0 Å². The van der Waals surface area contributed by atoms with Crippen LogP contribution in [-0.4, -0.2) is 16.1 Å². The minimum absolute atomic E-state index is 0.0353. The molecule has 0 aliphatic heterocycles. The van der Waals surface area contributed by atoms with E-state index in [1.165, 1.54) is 0 Å². The van der Waals surface area contributed by atoms with Crippen LogP contribution in [0.2, 0.25) is 5.02 Å². The first-order valence-electron chi connectivity index (χ1n) is 6.07. The normalized spacial score (nSPS) is 14.6.